The van der Waals surface area contributed by atoms with Gasteiger partial charge < -0.3 is 19.7 Å². The number of carbonyl (C=O) groups is 1. The molecule has 1 aliphatic rings. The molecule has 2 heterocycles. The molecule has 0 bridgehead atoms. The number of aromatic nitrogens is 2. The van der Waals surface area contributed by atoms with Gasteiger partial charge in [-0.25, -0.2) is 9.78 Å². The van der Waals surface area contributed by atoms with E-state index in [-0.39, 0.29) is 6.03 Å². The van der Waals surface area contributed by atoms with Crippen molar-refractivity contribution in [3.8, 4) is 0 Å². The van der Waals surface area contributed by atoms with Crippen LogP contribution in [0.15, 0.2) is 42.7 Å². The minimum Gasteiger partial charge on any atom is -0.335 e. The Morgan fingerprint density at radius 2 is 2.12 bits per heavy atom. The number of aryl methyl sites for hydroxylation is 1. The molecule has 1 saturated heterocycles. The molecule has 1 aliphatic heterocycles. The molecule has 140 valence electrons. The molecule has 2 amide bonds. The van der Waals surface area contributed by atoms with Crippen molar-refractivity contribution in [2.24, 2.45) is 0 Å². The van der Waals surface area contributed by atoms with Gasteiger partial charge in [0.05, 0.1) is 0 Å². The quantitative estimate of drug-likeness (QED) is 0.865. The van der Waals surface area contributed by atoms with Crippen molar-refractivity contribution in [1.29, 1.82) is 0 Å². The van der Waals surface area contributed by atoms with E-state index in [9.17, 15) is 4.79 Å². The van der Waals surface area contributed by atoms with Gasteiger partial charge in [-0.05, 0) is 52.0 Å². The van der Waals surface area contributed by atoms with Crippen molar-refractivity contribution >= 4 is 11.7 Å². The number of benzene rings is 1. The summed E-state index contributed by atoms with van der Waals surface area (Å²) in [5.41, 5.74) is 0.838. The fourth-order valence-electron chi connectivity index (χ4n) is 3.52. The first-order valence-electron chi connectivity index (χ1n) is 9.40. The van der Waals surface area contributed by atoms with Crippen LogP contribution >= 0.6 is 0 Å². The molecule has 1 aromatic heterocycles. The van der Waals surface area contributed by atoms with Crippen LogP contribution in [0.1, 0.15) is 31.0 Å². The molecule has 0 unspecified atom stereocenters. The number of carbonyl (C=O) groups excluding carboxylic acids is 1. The predicted molar refractivity (Wildman–Crippen MR) is 104 cm³/mol. The van der Waals surface area contributed by atoms with E-state index in [0.717, 1.165) is 57.0 Å². The Balaban J connectivity index is 1.60. The average molecular weight is 355 g/mol. The molecule has 6 nitrogen and oxygen atoms in total. The van der Waals surface area contributed by atoms with E-state index in [2.05, 4.69) is 40.1 Å². The van der Waals surface area contributed by atoms with Crippen LogP contribution in [0, 0.1) is 0 Å². The van der Waals surface area contributed by atoms with Crippen LogP contribution in [0.5, 0.6) is 0 Å². The average Bonchev–Trinajstić information content (AvgIpc) is 3.11. The van der Waals surface area contributed by atoms with Crippen LogP contribution in [-0.4, -0.2) is 59.1 Å². The number of imidazole rings is 1. The van der Waals surface area contributed by atoms with Crippen molar-refractivity contribution in [3.63, 3.8) is 0 Å². The highest BCUT2D eigenvalue weighted by molar-refractivity contribution is 5.89. The summed E-state index contributed by atoms with van der Waals surface area (Å²) in [5.74, 6) is 1.42. The van der Waals surface area contributed by atoms with Gasteiger partial charge in [0.2, 0.25) is 0 Å². The molecule has 26 heavy (non-hydrogen) atoms. The van der Waals surface area contributed by atoms with Crippen LogP contribution in [0.3, 0.4) is 0 Å². The lowest BCUT2D eigenvalue weighted by molar-refractivity contribution is 0.190. The first kappa shape index (κ1) is 18.5. The molecule has 1 fully saturated rings. The van der Waals surface area contributed by atoms with Crippen molar-refractivity contribution in [2.75, 3.05) is 39.0 Å². The Labute approximate surface area is 155 Å². The molecule has 6 heteroatoms. The number of para-hydroxylation sites is 1. The highest BCUT2D eigenvalue weighted by Gasteiger charge is 2.27. The summed E-state index contributed by atoms with van der Waals surface area (Å²) in [6.07, 6.45) is 7.14. The van der Waals surface area contributed by atoms with Gasteiger partial charge in [0.1, 0.15) is 5.82 Å². The smallest absolute Gasteiger partial charge is 0.321 e. The summed E-state index contributed by atoms with van der Waals surface area (Å²) in [5, 5.41) is 2.99. The summed E-state index contributed by atoms with van der Waals surface area (Å²) < 4.78 is 2.26. The number of anilines is 1. The van der Waals surface area contributed by atoms with Crippen molar-refractivity contribution in [2.45, 2.75) is 31.7 Å². The normalized spacial score (nSPS) is 17.5. The molecular weight excluding hydrogens is 326 g/mol. The lowest BCUT2D eigenvalue weighted by Gasteiger charge is -2.32. The first-order chi connectivity index (χ1) is 12.6. The van der Waals surface area contributed by atoms with Gasteiger partial charge in [-0.2, -0.15) is 0 Å². The van der Waals surface area contributed by atoms with E-state index in [0.29, 0.717) is 5.92 Å². The molecule has 1 atom stereocenters. The van der Waals surface area contributed by atoms with E-state index in [1.807, 2.05) is 41.4 Å². The predicted octanol–water partition coefficient (Wildman–Crippen LogP) is 3.25. The van der Waals surface area contributed by atoms with Gasteiger partial charge in [0.15, 0.2) is 0 Å². The van der Waals surface area contributed by atoms with Crippen LogP contribution in [-0.2, 0) is 6.54 Å². The molecule has 0 saturated carbocycles. The maximum absolute atomic E-state index is 12.6. The Hall–Kier alpha value is -2.34. The maximum Gasteiger partial charge on any atom is 0.321 e. The lowest BCUT2D eigenvalue weighted by atomic mass is 9.97. The molecule has 0 spiro atoms. The second kappa shape index (κ2) is 8.85. The second-order valence-electron chi connectivity index (χ2n) is 7.22. The van der Waals surface area contributed by atoms with Crippen LogP contribution in [0.25, 0.3) is 0 Å². The molecule has 1 aromatic carbocycles. The van der Waals surface area contributed by atoms with Crippen LogP contribution in [0.4, 0.5) is 10.5 Å². The van der Waals surface area contributed by atoms with Crippen molar-refractivity contribution in [3.05, 3.63) is 48.5 Å². The minimum atomic E-state index is -0.0217. The van der Waals surface area contributed by atoms with Crippen LogP contribution < -0.4 is 5.32 Å². The zero-order chi connectivity index (χ0) is 18.4. The molecular formula is C20H29N5O. The fourth-order valence-corrected chi connectivity index (χ4v) is 3.52. The number of amides is 2. The largest absolute Gasteiger partial charge is 0.335 e. The Bertz CT molecular complexity index is 697. The number of hydrogen-bond donors (Lipinski definition) is 1. The van der Waals surface area contributed by atoms with Gasteiger partial charge >= 0.3 is 6.03 Å². The van der Waals surface area contributed by atoms with E-state index < -0.39 is 0 Å². The monoisotopic (exact) mass is 355 g/mol. The highest BCUT2D eigenvalue weighted by Crippen LogP contribution is 2.26. The van der Waals surface area contributed by atoms with Gasteiger partial charge in [-0.3, -0.25) is 0 Å². The number of rotatable bonds is 6. The Morgan fingerprint density at radius 3 is 2.88 bits per heavy atom. The third-order valence-electron chi connectivity index (χ3n) is 4.85. The third kappa shape index (κ3) is 4.85. The van der Waals surface area contributed by atoms with E-state index in [1.54, 1.807) is 0 Å². The summed E-state index contributed by atoms with van der Waals surface area (Å²) in [4.78, 5) is 21.3. The van der Waals surface area contributed by atoms with Gasteiger partial charge in [0, 0.05) is 43.6 Å². The number of hydrogen-bond acceptors (Lipinski definition) is 3. The van der Waals surface area contributed by atoms with Crippen molar-refractivity contribution < 1.29 is 4.79 Å². The zero-order valence-electron chi connectivity index (χ0n) is 15.8. The third-order valence-corrected chi connectivity index (χ3v) is 4.85. The fraction of sp³-hybridized carbons (Fsp3) is 0.500. The topological polar surface area (TPSA) is 53.4 Å². The summed E-state index contributed by atoms with van der Waals surface area (Å²) in [7, 11) is 4.19. The summed E-state index contributed by atoms with van der Waals surface area (Å²) in [6.45, 7) is 3.56. The van der Waals surface area contributed by atoms with E-state index in [1.165, 1.54) is 0 Å². The Morgan fingerprint density at radius 1 is 1.31 bits per heavy atom. The van der Waals surface area contributed by atoms with Gasteiger partial charge in [-0.1, -0.05) is 18.2 Å². The first-order valence-corrected chi connectivity index (χ1v) is 9.40. The number of nitrogens with one attached hydrogen (secondary N) is 1. The summed E-state index contributed by atoms with van der Waals surface area (Å²) >= 11 is 0. The van der Waals surface area contributed by atoms with Crippen LogP contribution in [0.2, 0.25) is 0 Å². The SMILES string of the molecule is CN(C)CCCn1ccnc1[C@@H]1CCCN(C(=O)Nc2ccccc2)C1. The molecule has 3 rings (SSSR count). The van der Waals surface area contributed by atoms with E-state index >= 15 is 0 Å². The maximum atomic E-state index is 12.6. The summed E-state index contributed by atoms with van der Waals surface area (Å²) in [6, 6.07) is 9.61. The zero-order valence-corrected chi connectivity index (χ0v) is 15.8. The lowest BCUT2D eigenvalue weighted by Crippen LogP contribution is -2.42. The number of piperidine rings is 1. The van der Waals surface area contributed by atoms with Gasteiger partial charge in [-0.15, -0.1) is 0 Å². The molecule has 0 radical (unpaired) electrons. The molecule has 1 N–H and O–H groups in total. The number of nitrogens with zero attached hydrogens (tertiary/aromatic N) is 4. The van der Waals surface area contributed by atoms with Crippen molar-refractivity contribution in [1.82, 2.24) is 19.4 Å². The number of likely N-dealkylation sites (tertiary alicyclic amines) is 1. The highest BCUT2D eigenvalue weighted by atomic mass is 16.2. The molecule has 2 aromatic rings. The molecule has 0 aliphatic carbocycles. The number of urea groups is 1. The van der Waals surface area contributed by atoms with Gasteiger partial charge in [0.25, 0.3) is 0 Å². The standard InChI is InChI=1S/C20H29N5O/c1-23(2)12-7-14-24-15-11-21-19(24)17-8-6-13-25(16-17)20(26)22-18-9-4-3-5-10-18/h3-5,9-11,15,17H,6-8,12-14,16H2,1-2H3,(H,22,26)/t17-/m1/s1. The minimum absolute atomic E-state index is 0.0217. The van der Waals surface area contributed by atoms with E-state index in [4.69, 9.17) is 0 Å². The Kier molecular flexibility index (Phi) is 6.28. The second-order valence-corrected chi connectivity index (χ2v) is 7.22.